The van der Waals surface area contributed by atoms with Gasteiger partial charge in [-0.1, -0.05) is 12.1 Å². The lowest BCUT2D eigenvalue weighted by Gasteiger charge is -2.04. The summed E-state index contributed by atoms with van der Waals surface area (Å²) in [4.78, 5) is 4.92. The summed E-state index contributed by atoms with van der Waals surface area (Å²) in [5.74, 6) is 0.577. The fraction of sp³-hybridized carbons (Fsp3) is 0.0435. The molecule has 154 valence electrons. The van der Waals surface area contributed by atoms with E-state index in [1.54, 1.807) is 41.2 Å². The van der Waals surface area contributed by atoms with Crippen LogP contribution in [0.4, 0.5) is 14.5 Å². The summed E-state index contributed by atoms with van der Waals surface area (Å²) in [5.41, 5.74) is 2.47. The molecule has 0 N–H and O–H groups in total. The minimum absolute atomic E-state index is 0.190. The Kier molecular flexibility index (Phi) is 5.05. The Morgan fingerprint density at radius 2 is 1.74 bits per heavy atom. The number of para-hydroxylation sites is 1. The SMILES string of the molecule is Fc1ccc(-c2csc(=Nc3ccccc3F)n2N=Cc2ccc3c(c2)OCO3)cc1. The highest BCUT2D eigenvalue weighted by molar-refractivity contribution is 7.07. The van der Waals surface area contributed by atoms with Gasteiger partial charge in [-0.15, -0.1) is 11.3 Å². The van der Waals surface area contributed by atoms with Gasteiger partial charge in [-0.25, -0.2) is 18.4 Å². The van der Waals surface area contributed by atoms with Crippen LogP contribution in [0.25, 0.3) is 11.3 Å². The van der Waals surface area contributed by atoms with Gasteiger partial charge in [0.25, 0.3) is 0 Å². The second kappa shape index (κ2) is 8.16. The molecule has 0 saturated heterocycles. The number of aromatic nitrogens is 1. The molecule has 1 aromatic heterocycles. The highest BCUT2D eigenvalue weighted by Gasteiger charge is 2.13. The van der Waals surface area contributed by atoms with Gasteiger partial charge in [0.1, 0.15) is 17.3 Å². The number of rotatable bonds is 4. The second-order valence-corrected chi connectivity index (χ2v) is 7.48. The molecule has 0 unspecified atom stereocenters. The van der Waals surface area contributed by atoms with E-state index in [1.165, 1.54) is 29.5 Å². The molecule has 3 aromatic carbocycles. The van der Waals surface area contributed by atoms with Crippen LogP contribution in [0, 0.1) is 11.6 Å². The first kappa shape index (κ1) is 19.2. The van der Waals surface area contributed by atoms with E-state index in [0.29, 0.717) is 22.0 Å². The lowest BCUT2D eigenvalue weighted by Crippen LogP contribution is -2.11. The van der Waals surface area contributed by atoms with Crippen LogP contribution in [-0.2, 0) is 0 Å². The summed E-state index contributed by atoms with van der Waals surface area (Å²) in [5, 5.41) is 6.43. The number of halogens is 2. The van der Waals surface area contributed by atoms with E-state index >= 15 is 0 Å². The standard InChI is InChI=1S/C23H15F2N3O2S/c24-17-8-6-16(7-9-17)20-13-31-23(27-19-4-2-1-3-18(19)25)28(20)26-12-15-5-10-21-22(11-15)30-14-29-21/h1-13H,14H2. The monoisotopic (exact) mass is 435 g/mol. The molecule has 0 radical (unpaired) electrons. The second-order valence-electron chi connectivity index (χ2n) is 6.64. The van der Waals surface area contributed by atoms with E-state index in [1.807, 2.05) is 23.6 Å². The number of ether oxygens (including phenoxy) is 2. The van der Waals surface area contributed by atoms with Crippen molar-refractivity contribution in [1.82, 2.24) is 4.68 Å². The fourth-order valence-electron chi connectivity index (χ4n) is 3.07. The van der Waals surface area contributed by atoms with E-state index in [4.69, 9.17) is 9.47 Å². The van der Waals surface area contributed by atoms with Crippen LogP contribution in [0.1, 0.15) is 5.56 Å². The molecule has 0 bridgehead atoms. The van der Waals surface area contributed by atoms with Gasteiger partial charge in [0.05, 0.1) is 11.9 Å². The number of fused-ring (bicyclic) bond motifs is 1. The molecule has 1 aliphatic heterocycles. The maximum absolute atomic E-state index is 14.2. The number of thiazole rings is 1. The van der Waals surface area contributed by atoms with Crippen molar-refractivity contribution < 1.29 is 18.3 Å². The first-order chi connectivity index (χ1) is 15.2. The van der Waals surface area contributed by atoms with Crippen molar-refractivity contribution in [2.24, 2.45) is 10.1 Å². The molecule has 8 heteroatoms. The molecule has 0 aliphatic carbocycles. The van der Waals surface area contributed by atoms with Gasteiger partial charge < -0.3 is 9.47 Å². The van der Waals surface area contributed by atoms with E-state index in [9.17, 15) is 8.78 Å². The van der Waals surface area contributed by atoms with Crippen molar-refractivity contribution in [3.8, 4) is 22.8 Å². The van der Waals surface area contributed by atoms with Gasteiger partial charge in [0, 0.05) is 10.9 Å². The fourth-order valence-corrected chi connectivity index (χ4v) is 3.92. The van der Waals surface area contributed by atoms with E-state index in [2.05, 4.69) is 10.1 Å². The molecule has 0 saturated carbocycles. The van der Waals surface area contributed by atoms with Crippen LogP contribution in [0.2, 0.25) is 0 Å². The highest BCUT2D eigenvalue weighted by Crippen LogP contribution is 2.32. The molecule has 1 aliphatic rings. The first-order valence-corrected chi connectivity index (χ1v) is 10.2. The van der Waals surface area contributed by atoms with E-state index in [-0.39, 0.29) is 18.3 Å². The van der Waals surface area contributed by atoms with Crippen LogP contribution in [-0.4, -0.2) is 17.7 Å². The Labute approximate surface area is 180 Å². The summed E-state index contributed by atoms with van der Waals surface area (Å²) >= 11 is 1.31. The van der Waals surface area contributed by atoms with Gasteiger partial charge in [-0.05, 0) is 60.2 Å². The Morgan fingerprint density at radius 1 is 0.935 bits per heavy atom. The molecule has 0 spiro atoms. The highest BCUT2D eigenvalue weighted by atomic mass is 32.1. The minimum atomic E-state index is -0.425. The summed E-state index contributed by atoms with van der Waals surface area (Å²) in [6, 6.07) is 17.9. The van der Waals surface area contributed by atoms with Crippen LogP contribution in [0.5, 0.6) is 11.5 Å². The van der Waals surface area contributed by atoms with Gasteiger partial charge >= 0.3 is 0 Å². The molecular formula is C23H15F2N3O2S. The topological polar surface area (TPSA) is 48.1 Å². The van der Waals surface area contributed by atoms with Crippen molar-refractivity contribution >= 4 is 23.2 Å². The molecule has 2 heterocycles. The lowest BCUT2D eigenvalue weighted by atomic mass is 10.2. The zero-order chi connectivity index (χ0) is 21.2. The zero-order valence-electron chi connectivity index (χ0n) is 16.0. The molecule has 31 heavy (non-hydrogen) atoms. The predicted molar refractivity (Wildman–Crippen MR) is 115 cm³/mol. The van der Waals surface area contributed by atoms with Crippen LogP contribution in [0.15, 0.2) is 82.2 Å². The van der Waals surface area contributed by atoms with Crippen molar-refractivity contribution in [2.75, 3.05) is 6.79 Å². The number of nitrogens with zero attached hydrogens (tertiary/aromatic N) is 3. The Balaban J connectivity index is 1.61. The zero-order valence-corrected chi connectivity index (χ0v) is 16.9. The van der Waals surface area contributed by atoms with Gasteiger partial charge in [0.2, 0.25) is 11.6 Å². The number of hydrogen-bond acceptors (Lipinski definition) is 5. The van der Waals surface area contributed by atoms with Crippen LogP contribution < -0.4 is 14.3 Å². The van der Waals surface area contributed by atoms with Gasteiger partial charge in [-0.3, -0.25) is 0 Å². The van der Waals surface area contributed by atoms with Gasteiger partial charge in [0.15, 0.2) is 11.5 Å². The molecule has 0 fully saturated rings. The molecule has 4 aromatic rings. The molecule has 5 nitrogen and oxygen atoms in total. The van der Waals surface area contributed by atoms with Crippen LogP contribution in [0.3, 0.4) is 0 Å². The van der Waals surface area contributed by atoms with Crippen molar-refractivity contribution in [2.45, 2.75) is 0 Å². The normalized spacial score (nSPS) is 13.3. The van der Waals surface area contributed by atoms with Crippen molar-refractivity contribution in [3.63, 3.8) is 0 Å². The smallest absolute Gasteiger partial charge is 0.231 e. The Hall–Kier alpha value is -3.78. The summed E-state index contributed by atoms with van der Waals surface area (Å²) < 4.78 is 39.9. The van der Waals surface area contributed by atoms with E-state index in [0.717, 1.165) is 11.1 Å². The predicted octanol–water partition coefficient (Wildman–Crippen LogP) is 5.34. The third-order valence-corrected chi connectivity index (χ3v) is 5.43. The van der Waals surface area contributed by atoms with Gasteiger partial charge in [-0.2, -0.15) is 5.10 Å². The third kappa shape index (κ3) is 3.97. The summed E-state index contributed by atoms with van der Waals surface area (Å²) in [6.45, 7) is 0.190. The first-order valence-electron chi connectivity index (χ1n) is 9.37. The molecule has 0 amide bonds. The average molecular weight is 435 g/mol. The van der Waals surface area contributed by atoms with Crippen LogP contribution >= 0.6 is 11.3 Å². The molecular weight excluding hydrogens is 420 g/mol. The maximum atomic E-state index is 14.2. The summed E-state index contributed by atoms with van der Waals surface area (Å²) in [6.07, 6.45) is 1.65. The maximum Gasteiger partial charge on any atom is 0.231 e. The third-order valence-electron chi connectivity index (χ3n) is 4.61. The lowest BCUT2D eigenvalue weighted by molar-refractivity contribution is 0.174. The quantitative estimate of drug-likeness (QED) is 0.407. The number of hydrogen-bond donors (Lipinski definition) is 0. The van der Waals surface area contributed by atoms with E-state index < -0.39 is 5.82 Å². The Morgan fingerprint density at radius 3 is 2.58 bits per heavy atom. The summed E-state index contributed by atoms with van der Waals surface area (Å²) in [7, 11) is 0. The molecule has 5 rings (SSSR count). The largest absolute Gasteiger partial charge is 0.454 e. The Bertz CT molecular complexity index is 1340. The number of benzene rings is 3. The van der Waals surface area contributed by atoms with Crippen molar-refractivity contribution in [1.29, 1.82) is 0 Å². The molecule has 0 atom stereocenters. The average Bonchev–Trinajstić information content (AvgIpc) is 3.41. The van der Waals surface area contributed by atoms with Crippen molar-refractivity contribution in [3.05, 3.63) is 94.1 Å². The minimum Gasteiger partial charge on any atom is -0.454 e.